The molecule has 34 heavy (non-hydrogen) atoms. The predicted octanol–water partition coefficient (Wildman–Crippen LogP) is 3.20. The average Bonchev–Trinajstić information content (AvgIpc) is 3.41. The smallest absolute Gasteiger partial charge is 0.257 e. The van der Waals surface area contributed by atoms with Crippen molar-refractivity contribution in [1.29, 1.82) is 0 Å². The minimum Gasteiger partial charge on any atom is -0.454 e. The highest BCUT2D eigenvalue weighted by atomic mass is 16.7. The van der Waals surface area contributed by atoms with Crippen molar-refractivity contribution < 1.29 is 19.3 Å². The minimum absolute atomic E-state index is 0.0407. The summed E-state index contributed by atoms with van der Waals surface area (Å²) in [7, 11) is 1.56. The third-order valence-electron chi connectivity index (χ3n) is 7.06. The zero-order chi connectivity index (χ0) is 24.2. The van der Waals surface area contributed by atoms with Crippen LogP contribution >= 0.6 is 0 Å². The SMILES string of the molecule is CC[C@](C)(O)c1cc2n(c(=O)c1COC)Cc1c-2nc2cc3c(cc2c1CC[C@H](C)N)OCO3. The van der Waals surface area contributed by atoms with Gasteiger partial charge >= 0.3 is 0 Å². The van der Waals surface area contributed by atoms with Gasteiger partial charge in [-0.05, 0) is 56.4 Å². The van der Waals surface area contributed by atoms with E-state index < -0.39 is 5.60 Å². The van der Waals surface area contributed by atoms with Crippen LogP contribution in [0.1, 0.15) is 55.9 Å². The van der Waals surface area contributed by atoms with E-state index in [1.165, 1.54) is 0 Å². The fourth-order valence-electron chi connectivity index (χ4n) is 4.95. The van der Waals surface area contributed by atoms with Crippen LogP contribution in [0.3, 0.4) is 0 Å². The largest absolute Gasteiger partial charge is 0.454 e. The van der Waals surface area contributed by atoms with Gasteiger partial charge in [0.15, 0.2) is 11.5 Å². The van der Waals surface area contributed by atoms with Gasteiger partial charge in [-0.25, -0.2) is 4.98 Å². The molecule has 0 saturated carbocycles. The Morgan fingerprint density at radius 3 is 2.68 bits per heavy atom. The van der Waals surface area contributed by atoms with Crippen molar-refractivity contribution in [3.8, 4) is 22.9 Å². The molecule has 3 aromatic rings. The Morgan fingerprint density at radius 2 is 2.00 bits per heavy atom. The number of aliphatic hydroxyl groups is 1. The van der Waals surface area contributed by atoms with Crippen molar-refractivity contribution in [1.82, 2.24) is 9.55 Å². The Balaban J connectivity index is 1.78. The van der Waals surface area contributed by atoms with Crippen LogP contribution in [-0.4, -0.2) is 34.6 Å². The topological polar surface area (TPSA) is 109 Å². The molecule has 0 unspecified atom stereocenters. The maximum absolute atomic E-state index is 13.6. The molecule has 8 heteroatoms. The number of ether oxygens (including phenoxy) is 3. The Kier molecular flexibility index (Phi) is 5.62. The number of fused-ring (bicyclic) bond motifs is 5. The van der Waals surface area contributed by atoms with E-state index in [9.17, 15) is 9.90 Å². The molecule has 2 aliphatic rings. The summed E-state index contributed by atoms with van der Waals surface area (Å²) in [5.41, 5.74) is 10.3. The first-order valence-electron chi connectivity index (χ1n) is 11.7. The number of aryl methyl sites for hydroxylation is 1. The van der Waals surface area contributed by atoms with Gasteiger partial charge in [0.25, 0.3) is 5.56 Å². The Labute approximate surface area is 198 Å². The predicted molar refractivity (Wildman–Crippen MR) is 129 cm³/mol. The molecular weight excluding hydrogens is 434 g/mol. The molecule has 0 fully saturated rings. The lowest BCUT2D eigenvalue weighted by Crippen LogP contribution is -2.31. The quantitative estimate of drug-likeness (QED) is 0.431. The van der Waals surface area contributed by atoms with Crippen molar-refractivity contribution >= 4 is 10.9 Å². The molecule has 2 aliphatic heterocycles. The van der Waals surface area contributed by atoms with Gasteiger partial charge in [0.2, 0.25) is 6.79 Å². The van der Waals surface area contributed by atoms with Gasteiger partial charge in [-0.1, -0.05) is 6.92 Å². The first-order chi connectivity index (χ1) is 16.2. The number of hydrogen-bond donors (Lipinski definition) is 2. The number of nitrogens with two attached hydrogens (primary N) is 1. The van der Waals surface area contributed by atoms with Gasteiger partial charge < -0.3 is 29.6 Å². The second kappa shape index (κ2) is 8.37. The van der Waals surface area contributed by atoms with E-state index in [0.717, 1.165) is 40.6 Å². The molecule has 5 rings (SSSR count). The van der Waals surface area contributed by atoms with Crippen LogP contribution in [0.15, 0.2) is 23.0 Å². The molecule has 0 radical (unpaired) electrons. The fourth-order valence-corrected chi connectivity index (χ4v) is 4.95. The molecule has 8 nitrogen and oxygen atoms in total. The lowest BCUT2D eigenvalue weighted by Gasteiger charge is -2.25. The van der Waals surface area contributed by atoms with Crippen molar-refractivity contribution in [2.75, 3.05) is 13.9 Å². The average molecular weight is 466 g/mol. The molecule has 0 bridgehead atoms. The van der Waals surface area contributed by atoms with E-state index in [1.54, 1.807) is 18.6 Å². The summed E-state index contributed by atoms with van der Waals surface area (Å²) in [6.07, 6.45) is 2.02. The van der Waals surface area contributed by atoms with Crippen molar-refractivity contribution in [3.05, 3.63) is 50.8 Å². The van der Waals surface area contributed by atoms with Crippen molar-refractivity contribution in [3.63, 3.8) is 0 Å². The first-order valence-corrected chi connectivity index (χ1v) is 11.7. The summed E-state index contributed by atoms with van der Waals surface area (Å²) < 4.78 is 18.3. The molecular formula is C26H31N3O5. The summed E-state index contributed by atoms with van der Waals surface area (Å²) >= 11 is 0. The normalized spacial score (nSPS) is 16.4. The van der Waals surface area contributed by atoms with Gasteiger partial charge in [-0.3, -0.25) is 4.79 Å². The molecule has 3 N–H and O–H groups in total. The lowest BCUT2D eigenvalue weighted by molar-refractivity contribution is 0.0495. The number of benzene rings is 1. The standard InChI is InChI=1S/C26H31N3O5/c1-5-26(3,31)19-9-21-24-17(11-29(21)25(30)18(19)12-32-4)15(7-6-14(2)27)16-8-22-23(34-13-33-22)10-20(16)28-24/h8-10,14,31H,5-7,11-13,27H2,1-4H3/t14-,26-/m0/s1. The summed E-state index contributed by atoms with van der Waals surface area (Å²) in [5.74, 6) is 1.37. The van der Waals surface area contributed by atoms with Crippen LogP contribution in [0.2, 0.25) is 0 Å². The van der Waals surface area contributed by atoms with E-state index in [4.69, 9.17) is 24.9 Å². The molecule has 2 atom stereocenters. The van der Waals surface area contributed by atoms with E-state index in [0.29, 0.717) is 41.3 Å². The van der Waals surface area contributed by atoms with Gasteiger partial charge in [-0.2, -0.15) is 0 Å². The van der Waals surface area contributed by atoms with Gasteiger partial charge in [-0.15, -0.1) is 0 Å². The summed E-state index contributed by atoms with van der Waals surface area (Å²) in [5, 5.41) is 12.1. The van der Waals surface area contributed by atoms with E-state index in [1.807, 2.05) is 32.0 Å². The van der Waals surface area contributed by atoms with Crippen LogP contribution in [0, 0.1) is 0 Å². The number of methoxy groups -OCH3 is 1. The number of aromatic nitrogens is 2. The molecule has 2 aromatic heterocycles. The first kappa shape index (κ1) is 22.8. The molecule has 0 spiro atoms. The van der Waals surface area contributed by atoms with Crippen LogP contribution in [-0.2, 0) is 29.9 Å². The minimum atomic E-state index is -1.16. The lowest BCUT2D eigenvalue weighted by atomic mass is 9.89. The maximum atomic E-state index is 13.6. The molecule has 0 amide bonds. The Hall–Kier alpha value is -2.94. The van der Waals surface area contributed by atoms with Crippen LogP contribution in [0.25, 0.3) is 22.3 Å². The summed E-state index contributed by atoms with van der Waals surface area (Å²) in [6, 6.07) is 5.83. The second-order valence-electron chi connectivity index (χ2n) is 9.53. The number of nitrogens with zero attached hydrogens (tertiary/aromatic N) is 2. The second-order valence-corrected chi connectivity index (χ2v) is 9.53. The monoisotopic (exact) mass is 465 g/mol. The molecule has 180 valence electrons. The Bertz CT molecular complexity index is 1340. The van der Waals surface area contributed by atoms with Crippen LogP contribution in [0.4, 0.5) is 0 Å². The third-order valence-corrected chi connectivity index (χ3v) is 7.06. The van der Waals surface area contributed by atoms with Gasteiger partial charge in [0.1, 0.15) is 0 Å². The van der Waals surface area contributed by atoms with Gasteiger partial charge in [0.05, 0.1) is 35.7 Å². The highest BCUT2D eigenvalue weighted by Gasteiger charge is 2.33. The molecule has 1 aromatic carbocycles. The van der Waals surface area contributed by atoms with E-state index in [-0.39, 0.29) is 25.0 Å². The molecule has 0 aliphatic carbocycles. The fraction of sp³-hybridized carbons (Fsp3) is 0.462. The third kappa shape index (κ3) is 3.57. The van der Waals surface area contributed by atoms with Crippen molar-refractivity contribution in [2.45, 2.75) is 64.8 Å². The summed E-state index contributed by atoms with van der Waals surface area (Å²) in [4.78, 5) is 18.6. The molecule has 4 heterocycles. The van der Waals surface area contributed by atoms with E-state index in [2.05, 4.69) is 0 Å². The van der Waals surface area contributed by atoms with Crippen molar-refractivity contribution in [2.24, 2.45) is 5.73 Å². The number of pyridine rings is 2. The zero-order valence-electron chi connectivity index (χ0n) is 20.1. The maximum Gasteiger partial charge on any atom is 0.257 e. The summed E-state index contributed by atoms with van der Waals surface area (Å²) in [6.45, 7) is 6.37. The number of hydrogen-bond acceptors (Lipinski definition) is 7. The van der Waals surface area contributed by atoms with Gasteiger partial charge in [0, 0.05) is 35.7 Å². The highest BCUT2D eigenvalue weighted by molar-refractivity contribution is 5.90. The van der Waals surface area contributed by atoms with Crippen LogP contribution < -0.4 is 20.8 Å². The Morgan fingerprint density at radius 1 is 1.26 bits per heavy atom. The zero-order valence-corrected chi connectivity index (χ0v) is 20.1. The number of rotatable bonds is 7. The molecule has 0 saturated heterocycles. The van der Waals surface area contributed by atoms with E-state index >= 15 is 0 Å². The highest BCUT2D eigenvalue weighted by Crippen LogP contribution is 2.42. The van der Waals surface area contributed by atoms with Crippen LogP contribution in [0.5, 0.6) is 11.5 Å².